The number of nitrogens with zero attached hydrogens (tertiary/aromatic N) is 2. The minimum absolute atomic E-state index is 0.137. The van der Waals surface area contributed by atoms with Crippen LogP contribution in [0.15, 0.2) is 36.4 Å². The Balaban J connectivity index is 1.77. The predicted octanol–water partition coefficient (Wildman–Crippen LogP) is 2.20. The van der Waals surface area contributed by atoms with Crippen molar-refractivity contribution in [3.8, 4) is 5.75 Å². The van der Waals surface area contributed by atoms with E-state index in [4.69, 9.17) is 4.74 Å². The summed E-state index contributed by atoms with van der Waals surface area (Å²) in [5.74, 6) is 0.585. The molecule has 3 aromatic rings. The Bertz CT molecular complexity index is 809. The van der Waals surface area contributed by atoms with Gasteiger partial charge in [0.05, 0.1) is 12.6 Å². The van der Waals surface area contributed by atoms with Crippen LogP contribution in [-0.2, 0) is 6.54 Å². The molecule has 2 N–H and O–H groups in total. The number of nitrogens with one attached hydrogen (secondary N) is 2. The first-order valence-electron chi connectivity index (χ1n) is 6.90. The van der Waals surface area contributed by atoms with Crippen LogP contribution in [0.3, 0.4) is 0 Å². The summed E-state index contributed by atoms with van der Waals surface area (Å²) >= 11 is 0. The zero-order chi connectivity index (χ0) is 15.5. The fraction of sp³-hybridized carbons (Fsp3) is 0.188. The lowest BCUT2D eigenvalue weighted by Gasteiger charge is -2.09. The number of H-pyrrole nitrogens is 1. The first-order chi connectivity index (χ1) is 10.7. The zero-order valence-corrected chi connectivity index (χ0v) is 12.4. The third-order valence-corrected chi connectivity index (χ3v) is 3.62. The highest BCUT2D eigenvalue weighted by Crippen LogP contribution is 2.18. The van der Waals surface area contributed by atoms with Crippen molar-refractivity contribution in [2.24, 2.45) is 0 Å². The van der Waals surface area contributed by atoms with Crippen LogP contribution >= 0.6 is 0 Å². The van der Waals surface area contributed by atoms with E-state index in [1.165, 1.54) is 0 Å². The number of rotatable bonds is 4. The van der Waals surface area contributed by atoms with Crippen LogP contribution in [0.25, 0.3) is 11.0 Å². The van der Waals surface area contributed by atoms with Gasteiger partial charge in [-0.1, -0.05) is 11.3 Å². The number of aromatic nitrogens is 3. The fourth-order valence-corrected chi connectivity index (χ4v) is 2.31. The monoisotopic (exact) mass is 296 g/mol. The molecule has 0 fully saturated rings. The van der Waals surface area contributed by atoms with Crippen LogP contribution < -0.4 is 10.1 Å². The van der Waals surface area contributed by atoms with Gasteiger partial charge >= 0.3 is 0 Å². The molecule has 0 saturated carbocycles. The predicted molar refractivity (Wildman–Crippen MR) is 82.8 cm³/mol. The molecule has 0 unspecified atom stereocenters. The quantitative estimate of drug-likeness (QED) is 0.773. The molecule has 0 aliphatic heterocycles. The third kappa shape index (κ3) is 2.63. The van der Waals surface area contributed by atoms with Gasteiger partial charge in [0.25, 0.3) is 5.91 Å². The largest absolute Gasteiger partial charge is 0.497 e. The molecule has 1 heterocycles. The lowest BCUT2D eigenvalue weighted by Crippen LogP contribution is -2.23. The molecule has 6 nitrogen and oxygen atoms in total. The summed E-state index contributed by atoms with van der Waals surface area (Å²) in [5.41, 5.74) is 4.27. The van der Waals surface area contributed by atoms with E-state index in [-0.39, 0.29) is 5.91 Å². The lowest BCUT2D eigenvalue weighted by molar-refractivity contribution is 0.0951. The Morgan fingerprint density at radius 1 is 1.23 bits per heavy atom. The first kappa shape index (κ1) is 14.1. The second-order valence-corrected chi connectivity index (χ2v) is 4.98. The summed E-state index contributed by atoms with van der Waals surface area (Å²) in [7, 11) is 1.59. The number of ether oxygens (including phenoxy) is 1. The minimum atomic E-state index is -0.137. The molecule has 0 bridgehead atoms. The van der Waals surface area contributed by atoms with E-state index in [1.54, 1.807) is 31.4 Å². The maximum Gasteiger partial charge on any atom is 0.251 e. The van der Waals surface area contributed by atoms with Gasteiger partial charge in [0.1, 0.15) is 11.3 Å². The third-order valence-electron chi connectivity index (χ3n) is 3.62. The van der Waals surface area contributed by atoms with Crippen molar-refractivity contribution in [2.45, 2.75) is 13.5 Å². The van der Waals surface area contributed by atoms with E-state index in [1.807, 2.05) is 19.1 Å². The van der Waals surface area contributed by atoms with Crippen LogP contribution in [0.4, 0.5) is 0 Å². The van der Waals surface area contributed by atoms with Crippen molar-refractivity contribution in [2.75, 3.05) is 7.11 Å². The van der Waals surface area contributed by atoms with Crippen LogP contribution in [0.5, 0.6) is 5.75 Å². The molecular weight excluding hydrogens is 280 g/mol. The van der Waals surface area contributed by atoms with Crippen molar-refractivity contribution >= 4 is 16.9 Å². The lowest BCUT2D eigenvalue weighted by atomic mass is 10.1. The van der Waals surface area contributed by atoms with Gasteiger partial charge in [0.15, 0.2) is 0 Å². The molecule has 0 atom stereocenters. The number of hydrogen-bond donors (Lipinski definition) is 2. The molecule has 22 heavy (non-hydrogen) atoms. The summed E-state index contributed by atoms with van der Waals surface area (Å²) < 4.78 is 5.08. The highest BCUT2D eigenvalue weighted by Gasteiger charge is 2.11. The molecule has 6 heteroatoms. The molecule has 3 rings (SSSR count). The number of amides is 1. The number of aromatic amines is 1. The van der Waals surface area contributed by atoms with Gasteiger partial charge in [-0.3, -0.25) is 9.89 Å². The Labute approximate surface area is 127 Å². The minimum Gasteiger partial charge on any atom is -0.497 e. The van der Waals surface area contributed by atoms with Crippen LogP contribution in [0.2, 0.25) is 0 Å². The molecule has 0 aliphatic carbocycles. The smallest absolute Gasteiger partial charge is 0.251 e. The summed E-state index contributed by atoms with van der Waals surface area (Å²) in [4.78, 5) is 12.2. The SMILES string of the molecule is COc1ccc(C(=O)NCc2c(C)ccc3[nH]nnc23)cc1. The van der Waals surface area contributed by atoms with Gasteiger partial charge in [0.2, 0.25) is 0 Å². The van der Waals surface area contributed by atoms with E-state index in [0.717, 1.165) is 27.9 Å². The van der Waals surface area contributed by atoms with Crippen LogP contribution in [-0.4, -0.2) is 28.4 Å². The number of hydrogen-bond acceptors (Lipinski definition) is 4. The van der Waals surface area contributed by atoms with Gasteiger partial charge in [0, 0.05) is 17.7 Å². The second kappa shape index (κ2) is 5.85. The highest BCUT2D eigenvalue weighted by atomic mass is 16.5. The summed E-state index contributed by atoms with van der Waals surface area (Å²) in [6, 6.07) is 10.9. The molecule has 0 aliphatic rings. The Kier molecular flexibility index (Phi) is 3.74. The van der Waals surface area contributed by atoms with E-state index in [0.29, 0.717) is 12.1 Å². The van der Waals surface area contributed by atoms with Crippen molar-refractivity contribution in [3.05, 3.63) is 53.1 Å². The molecule has 0 saturated heterocycles. The van der Waals surface area contributed by atoms with E-state index >= 15 is 0 Å². The van der Waals surface area contributed by atoms with Gasteiger partial charge in [-0.2, -0.15) is 0 Å². The molecule has 1 amide bonds. The number of carbonyl (C=O) groups is 1. The van der Waals surface area contributed by atoms with Crippen molar-refractivity contribution in [1.82, 2.24) is 20.7 Å². The standard InChI is InChI=1S/C16H16N4O2/c1-10-3-8-14-15(19-20-18-14)13(10)9-17-16(21)11-4-6-12(22-2)7-5-11/h3-8H,9H2,1-2H3,(H,17,21)(H,18,19,20). The number of fused-ring (bicyclic) bond motifs is 1. The average Bonchev–Trinajstić information content (AvgIpc) is 3.02. The number of methoxy groups -OCH3 is 1. The van der Waals surface area contributed by atoms with E-state index < -0.39 is 0 Å². The molecule has 0 radical (unpaired) electrons. The van der Waals surface area contributed by atoms with Gasteiger partial charge < -0.3 is 10.1 Å². The zero-order valence-electron chi connectivity index (χ0n) is 12.4. The summed E-state index contributed by atoms with van der Waals surface area (Å²) in [5, 5.41) is 13.6. The van der Waals surface area contributed by atoms with Gasteiger partial charge in [-0.05, 0) is 42.8 Å². The second-order valence-electron chi connectivity index (χ2n) is 4.98. The maximum absolute atomic E-state index is 12.2. The summed E-state index contributed by atoms with van der Waals surface area (Å²) in [6.07, 6.45) is 0. The molecular formula is C16H16N4O2. The van der Waals surface area contributed by atoms with E-state index in [9.17, 15) is 4.79 Å². The normalized spacial score (nSPS) is 10.6. The van der Waals surface area contributed by atoms with Crippen molar-refractivity contribution < 1.29 is 9.53 Å². The number of carbonyl (C=O) groups excluding carboxylic acids is 1. The Hall–Kier alpha value is -2.89. The molecule has 1 aromatic heterocycles. The van der Waals surface area contributed by atoms with Gasteiger partial charge in [-0.15, -0.1) is 5.10 Å². The molecule has 112 valence electrons. The number of aryl methyl sites for hydroxylation is 1. The topological polar surface area (TPSA) is 79.9 Å². The van der Waals surface area contributed by atoms with Crippen molar-refractivity contribution in [3.63, 3.8) is 0 Å². The first-order valence-corrected chi connectivity index (χ1v) is 6.90. The Morgan fingerprint density at radius 2 is 2.00 bits per heavy atom. The van der Waals surface area contributed by atoms with Crippen molar-refractivity contribution in [1.29, 1.82) is 0 Å². The fourth-order valence-electron chi connectivity index (χ4n) is 2.31. The van der Waals surface area contributed by atoms with Crippen LogP contribution in [0.1, 0.15) is 21.5 Å². The summed E-state index contributed by atoms with van der Waals surface area (Å²) in [6.45, 7) is 2.39. The highest BCUT2D eigenvalue weighted by molar-refractivity contribution is 5.94. The van der Waals surface area contributed by atoms with Crippen LogP contribution in [0, 0.1) is 6.92 Å². The maximum atomic E-state index is 12.2. The van der Waals surface area contributed by atoms with Gasteiger partial charge in [-0.25, -0.2) is 0 Å². The number of benzene rings is 2. The molecule has 0 spiro atoms. The molecule has 2 aromatic carbocycles. The Morgan fingerprint density at radius 3 is 2.73 bits per heavy atom. The average molecular weight is 296 g/mol. The van der Waals surface area contributed by atoms with E-state index in [2.05, 4.69) is 20.7 Å².